The summed E-state index contributed by atoms with van der Waals surface area (Å²) in [5.41, 5.74) is 5.54. The van der Waals surface area contributed by atoms with Crippen LogP contribution in [0.25, 0.3) is 0 Å². The fourth-order valence-electron chi connectivity index (χ4n) is 2.87. The number of benzene rings is 2. The summed E-state index contributed by atoms with van der Waals surface area (Å²) < 4.78 is 10.6. The van der Waals surface area contributed by atoms with E-state index in [1.54, 1.807) is 0 Å². The molecule has 0 radical (unpaired) electrons. The summed E-state index contributed by atoms with van der Waals surface area (Å²) in [7, 11) is 0. The van der Waals surface area contributed by atoms with Gasteiger partial charge in [-0.25, -0.2) is 0 Å². The predicted molar refractivity (Wildman–Crippen MR) is 82.6 cm³/mol. The third kappa shape index (κ3) is 3.72. The van der Waals surface area contributed by atoms with Crippen LogP contribution in [0.1, 0.15) is 22.3 Å². The van der Waals surface area contributed by atoms with E-state index < -0.39 is 0 Å². The molecule has 2 nitrogen and oxygen atoms in total. The molecule has 2 fully saturated rings. The molecular weight excluding hydrogens is 260 g/mol. The van der Waals surface area contributed by atoms with Gasteiger partial charge in [0.25, 0.3) is 0 Å². The van der Waals surface area contributed by atoms with Crippen LogP contribution in [0.15, 0.2) is 48.5 Å². The van der Waals surface area contributed by atoms with Crippen LogP contribution in [0, 0.1) is 0 Å². The molecule has 2 aliphatic rings. The average Bonchev–Trinajstić information content (AvgIpc) is 3.36. The Morgan fingerprint density at radius 3 is 1.57 bits per heavy atom. The molecule has 0 bridgehead atoms. The number of epoxide rings is 2. The Morgan fingerprint density at radius 1 is 0.714 bits per heavy atom. The van der Waals surface area contributed by atoms with Crippen LogP contribution < -0.4 is 0 Å². The maximum absolute atomic E-state index is 5.32. The van der Waals surface area contributed by atoms with E-state index in [4.69, 9.17) is 9.47 Å². The topological polar surface area (TPSA) is 25.1 Å². The molecule has 2 aromatic rings. The van der Waals surface area contributed by atoms with Gasteiger partial charge < -0.3 is 9.47 Å². The maximum Gasteiger partial charge on any atom is 0.0850 e. The number of ether oxygens (including phenoxy) is 2. The van der Waals surface area contributed by atoms with Crippen molar-refractivity contribution in [1.82, 2.24) is 0 Å². The van der Waals surface area contributed by atoms with Crippen molar-refractivity contribution in [3.8, 4) is 0 Å². The van der Waals surface area contributed by atoms with Gasteiger partial charge in [0, 0.05) is 12.8 Å². The van der Waals surface area contributed by atoms with Gasteiger partial charge in [-0.2, -0.15) is 0 Å². The molecule has 2 saturated heterocycles. The lowest BCUT2D eigenvalue weighted by Gasteiger charge is -2.07. The Kier molecular flexibility index (Phi) is 3.50. The maximum atomic E-state index is 5.32. The van der Waals surface area contributed by atoms with Crippen LogP contribution in [-0.2, 0) is 28.7 Å². The van der Waals surface area contributed by atoms with Crippen molar-refractivity contribution in [3.63, 3.8) is 0 Å². The molecular formula is C19H20O2. The molecule has 4 rings (SSSR count). The monoisotopic (exact) mass is 280 g/mol. The van der Waals surface area contributed by atoms with Gasteiger partial charge >= 0.3 is 0 Å². The summed E-state index contributed by atoms with van der Waals surface area (Å²) in [5, 5.41) is 0. The van der Waals surface area contributed by atoms with Crippen molar-refractivity contribution in [2.75, 3.05) is 13.2 Å². The largest absolute Gasteiger partial charge is 0.373 e. The lowest BCUT2D eigenvalue weighted by molar-refractivity contribution is 0.407. The minimum atomic E-state index is 0.460. The minimum absolute atomic E-state index is 0.460. The van der Waals surface area contributed by atoms with Crippen molar-refractivity contribution in [1.29, 1.82) is 0 Å². The van der Waals surface area contributed by atoms with Crippen LogP contribution in [0.4, 0.5) is 0 Å². The smallest absolute Gasteiger partial charge is 0.0850 e. The lowest BCUT2D eigenvalue weighted by Crippen LogP contribution is -1.97. The molecule has 108 valence electrons. The summed E-state index contributed by atoms with van der Waals surface area (Å²) >= 11 is 0. The van der Waals surface area contributed by atoms with Gasteiger partial charge in [-0.15, -0.1) is 0 Å². The molecule has 0 aliphatic carbocycles. The van der Waals surface area contributed by atoms with E-state index in [1.807, 2.05) is 0 Å². The normalized spacial score (nSPS) is 23.0. The van der Waals surface area contributed by atoms with Crippen molar-refractivity contribution < 1.29 is 9.47 Å². The van der Waals surface area contributed by atoms with Gasteiger partial charge in [-0.05, 0) is 28.7 Å². The fraction of sp³-hybridized carbons (Fsp3) is 0.368. The van der Waals surface area contributed by atoms with Gasteiger partial charge in [-0.3, -0.25) is 0 Å². The van der Waals surface area contributed by atoms with E-state index in [2.05, 4.69) is 48.5 Å². The van der Waals surface area contributed by atoms with Crippen LogP contribution in [-0.4, -0.2) is 25.4 Å². The SMILES string of the molecule is c1cc(Cc2cccc(CC3CO3)c2)cc(CC2CO2)c1. The van der Waals surface area contributed by atoms with E-state index in [0.717, 1.165) is 32.5 Å². The molecule has 0 saturated carbocycles. The zero-order valence-electron chi connectivity index (χ0n) is 12.1. The zero-order chi connectivity index (χ0) is 14.1. The Bertz CT molecular complexity index is 571. The van der Waals surface area contributed by atoms with Crippen molar-refractivity contribution in [2.24, 2.45) is 0 Å². The van der Waals surface area contributed by atoms with E-state index in [0.29, 0.717) is 12.2 Å². The molecule has 0 spiro atoms. The molecule has 2 heteroatoms. The fourth-order valence-corrected chi connectivity index (χ4v) is 2.87. The third-order valence-electron chi connectivity index (χ3n) is 4.12. The van der Waals surface area contributed by atoms with Crippen molar-refractivity contribution >= 4 is 0 Å². The summed E-state index contributed by atoms with van der Waals surface area (Å²) in [6.07, 6.45) is 4.02. The Morgan fingerprint density at radius 2 is 1.14 bits per heavy atom. The van der Waals surface area contributed by atoms with Gasteiger partial charge in [0.15, 0.2) is 0 Å². The van der Waals surface area contributed by atoms with Crippen LogP contribution in [0.3, 0.4) is 0 Å². The number of hydrogen-bond acceptors (Lipinski definition) is 2. The minimum Gasteiger partial charge on any atom is -0.373 e. The molecule has 2 unspecified atom stereocenters. The predicted octanol–water partition coefficient (Wildman–Crippen LogP) is 3.16. The molecule has 0 amide bonds. The van der Waals surface area contributed by atoms with Crippen LogP contribution in [0.5, 0.6) is 0 Å². The first-order valence-corrected chi connectivity index (χ1v) is 7.74. The second kappa shape index (κ2) is 5.63. The van der Waals surface area contributed by atoms with Gasteiger partial charge in [0.2, 0.25) is 0 Å². The Hall–Kier alpha value is -1.64. The zero-order valence-corrected chi connectivity index (χ0v) is 12.1. The summed E-state index contributed by atoms with van der Waals surface area (Å²) in [6, 6.07) is 17.8. The second-order valence-electron chi connectivity index (χ2n) is 6.14. The van der Waals surface area contributed by atoms with E-state index >= 15 is 0 Å². The molecule has 2 atom stereocenters. The lowest BCUT2D eigenvalue weighted by atomic mass is 9.99. The Balaban J connectivity index is 1.46. The second-order valence-corrected chi connectivity index (χ2v) is 6.14. The molecule has 2 aromatic carbocycles. The molecule has 21 heavy (non-hydrogen) atoms. The molecule has 2 heterocycles. The number of hydrogen-bond donors (Lipinski definition) is 0. The van der Waals surface area contributed by atoms with Crippen molar-refractivity contribution in [2.45, 2.75) is 31.5 Å². The van der Waals surface area contributed by atoms with E-state index in [1.165, 1.54) is 22.3 Å². The quantitative estimate of drug-likeness (QED) is 0.759. The Labute approximate surface area is 125 Å². The average molecular weight is 280 g/mol. The van der Waals surface area contributed by atoms with Crippen molar-refractivity contribution in [3.05, 3.63) is 70.8 Å². The summed E-state index contributed by atoms with van der Waals surface area (Å²) in [5.74, 6) is 0. The third-order valence-corrected chi connectivity index (χ3v) is 4.12. The highest BCUT2D eigenvalue weighted by Crippen LogP contribution is 2.20. The highest BCUT2D eigenvalue weighted by Gasteiger charge is 2.23. The first kappa shape index (κ1) is 13.1. The highest BCUT2D eigenvalue weighted by atomic mass is 16.6. The molecule has 2 aliphatic heterocycles. The first-order valence-electron chi connectivity index (χ1n) is 7.74. The standard InChI is InChI=1S/C19H20O2/c1-3-14(8-16(5-1)10-18-12-20-18)7-15-4-2-6-17(9-15)11-19-13-21-19/h1-6,8-9,18-19H,7,10-13H2. The number of rotatable bonds is 6. The highest BCUT2D eigenvalue weighted by molar-refractivity contribution is 5.32. The first-order chi connectivity index (χ1) is 10.3. The van der Waals surface area contributed by atoms with Gasteiger partial charge in [-0.1, -0.05) is 48.5 Å². The van der Waals surface area contributed by atoms with E-state index in [-0.39, 0.29) is 0 Å². The summed E-state index contributed by atoms with van der Waals surface area (Å²) in [6.45, 7) is 1.85. The van der Waals surface area contributed by atoms with Crippen LogP contribution >= 0.6 is 0 Å². The van der Waals surface area contributed by atoms with E-state index in [9.17, 15) is 0 Å². The van der Waals surface area contributed by atoms with Gasteiger partial charge in [0.05, 0.1) is 25.4 Å². The summed E-state index contributed by atoms with van der Waals surface area (Å²) in [4.78, 5) is 0. The molecule has 0 N–H and O–H groups in total. The van der Waals surface area contributed by atoms with Crippen LogP contribution in [0.2, 0.25) is 0 Å². The van der Waals surface area contributed by atoms with Gasteiger partial charge in [0.1, 0.15) is 0 Å². The molecule has 0 aromatic heterocycles.